The van der Waals surface area contributed by atoms with Crippen LogP contribution in [0.3, 0.4) is 0 Å². The minimum atomic E-state index is -0.582. The maximum absolute atomic E-state index is 12.1. The Bertz CT molecular complexity index is 743. The predicted octanol–water partition coefficient (Wildman–Crippen LogP) is 2.49. The molecule has 2 aromatic rings. The Morgan fingerprint density at radius 1 is 1.16 bits per heavy atom. The van der Waals surface area contributed by atoms with Crippen LogP contribution in [0.2, 0.25) is 0 Å². The maximum Gasteiger partial charge on any atom is 0.309 e. The Kier molecular flexibility index (Phi) is 5.38. The molecule has 0 saturated carbocycles. The number of amides is 2. The van der Waals surface area contributed by atoms with Crippen LogP contribution in [-0.4, -0.2) is 30.9 Å². The zero-order chi connectivity index (χ0) is 17.8. The van der Waals surface area contributed by atoms with Crippen LogP contribution in [0.15, 0.2) is 41.8 Å². The molecule has 0 aliphatic carbocycles. The van der Waals surface area contributed by atoms with E-state index >= 15 is 0 Å². The first-order chi connectivity index (χ1) is 12.1. The lowest BCUT2D eigenvalue weighted by molar-refractivity contribution is -0.139. The summed E-state index contributed by atoms with van der Waals surface area (Å²) in [6.45, 7) is 4.98. The molecule has 0 radical (unpaired) electrons. The fourth-order valence-electron chi connectivity index (χ4n) is 3.13. The number of carbonyl (C=O) groups excluding carboxylic acids is 2. The molecule has 132 valence electrons. The van der Waals surface area contributed by atoms with E-state index in [0.717, 1.165) is 13.0 Å². The normalized spacial score (nSPS) is 14.3. The summed E-state index contributed by atoms with van der Waals surface area (Å²) in [5.41, 5.74) is 2.54. The van der Waals surface area contributed by atoms with Crippen molar-refractivity contribution in [2.45, 2.75) is 32.4 Å². The van der Waals surface area contributed by atoms with Gasteiger partial charge in [-0.1, -0.05) is 24.3 Å². The van der Waals surface area contributed by atoms with E-state index in [1.165, 1.54) is 16.1 Å². The minimum Gasteiger partial charge on any atom is -0.361 e. The second-order valence-electron chi connectivity index (χ2n) is 6.44. The van der Waals surface area contributed by atoms with Crippen molar-refractivity contribution in [1.82, 2.24) is 10.6 Å². The lowest BCUT2D eigenvalue weighted by atomic mass is 10.1. The molecular formula is C19H23N3O2S. The minimum absolute atomic E-state index is 0.0273. The smallest absolute Gasteiger partial charge is 0.309 e. The second kappa shape index (κ2) is 7.70. The molecule has 25 heavy (non-hydrogen) atoms. The molecule has 1 aromatic heterocycles. The predicted molar refractivity (Wildman–Crippen MR) is 101 cm³/mol. The molecule has 5 nitrogen and oxygen atoms in total. The number of hydrogen-bond acceptors (Lipinski definition) is 4. The molecule has 6 heteroatoms. The van der Waals surface area contributed by atoms with E-state index in [2.05, 4.69) is 39.8 Å². The van der Waals surface area contributed by atoms with Crippen LogP contribution in [0, 0.1) is 0 Å². The van der Waals surface area contributed by atoms with E-state index in [0.29, 0.717) is 6.54 Å². The van der Waals surface area contributed by atoms with Crippen molar-refractivity contribution in [3.05, 3.63) is 52.2 Å². The van der Waals surface area contributed by atoms with Crippen LogP contribution >= 0.6 is 11.3 Å². The summed E-state index contributed by atoms with van der Waals surface area (Å²) < 4.78 is 0. The average Bonchev–Trinajstić information content (AvgIpc) is 3.25. The average molecular weight is 357 g/mol. The third-order valence-corrected chi connectivity index (χ3v) is 5.23. The van der Waals surface area contributed by atoms with E-state index in [-0.39, 0.29) is 12.1 Å². The number of nitrogens with one attached hydrogen (secondary N) is 2. The zero-order valence-electron chi connectivity index (χ0n) is 14.5. The van der Waals surface area contributed by atoms with Crippen LogP contribution in [-0.2, 0) is 16.0 Å². The third-order valence-electron chi connectivity index (χ3n) is 4.25. The molecule has 1 aliphatic heterocycles. The molecule has 3 rings (SSSR count). The summed E-state index contributed by atoms with van der Waals surface area (Å²) in [7, 11) is 0. The molecule has 2 N–H and O–H groups in total. The number of rotatable bonds is 5. The van der Waals surface area contributed by atoms with E-state index < -0.39 is 11.8 Å². The van der Waals surface area contributed by atoms with Gasteiger partial charge in [0.25, 0.3) is 0 Å². The summed E-state index contributed by atoms with van der Waals surface area (Å²) in [4.78, 5) is 27.4. The van der Waals surface area contributed by atoms with Gasteiger partial charge in [0.15, 0.2) is 0 Å². The topological polar surface area (TPSA) is 61.4 Å². The Hall–Kier alpha value is -2.34. The number of para-hydroxylation sites is 1. The summed E-state index contributed by atoms with van der Waals surface area (Å²) in [6.07, 6.45) is 1.000. The van der Waals surface area contributed by atoms with Crippen molar-refractivity contribution in [1.29, 1.82) is 0 Å². The SMILES string of the molecule is CC(C)NC(=O)C(=O)NC[C@H](c1cccs1)N1CCc2ccccc21. The summed E-state index contributed by atoms with van der Waals surface area (Å²) in [5, 5.41) is 7.46. The van der Waals surface area contributed by atoms with E-state index in [9.17, 15) is 9.59 Å². The number of hydrogen-bond donors (Lipinski definition) is 2. The first kappa shape index (κ1) is 17.5. The summed E-state index contributed by atoms with van der Waals surface area (Å²) in [5.74, 6) is -1.16. The van der Waals surface area contributed by atoms with Crippen LogP contribution in [0.4, 0.5) is 5.69 Å². The second-order valence-corrected chi connectivity index (χ2v) is 7.42. The third kappa shape index (κ3) is 4.02. The van der Waals surface area contributed by atoms with Gasteiger partial charge in [0.05, 0.1) is 6.04 Å². The molecular weight excluding hydrogens is 334 g/mol. The van der Waals surface area contributed by atoms with Crippen LogP contribution in [0.1, 0.15) is 30.3 Å². The highest BCUT2D eigenvalue weighted by atomic mass is 32.1. The molecule has 0 spiro atoms. The van der Waals surface area contributed by atoms with E-state index in [1.807, 2.05) is 31.4 Å². The van der Waals surface area contributed by atoms with Gasteiger partial charge in [-0.25, -0.2) is 0 Å². The molecule has 1 aromatic carbocycles. The fraction of sp³-hybridized carbons (Fsp3) is 0.368. The van der Waals surface area contributed by atoms with Crippen molar-refractivity contribution < 1.29 is 9.59 Å². The van der Waals surface area contributed by atoms with Crippen molar-refractivity contribution in [3.63, 3.8) is 0 Å². The fourth-order valence-corrected chi connectivity index (χ4v) is 3.97. The zero-order valence-corrected chi connectivity index (χ0v) is 15.3. The lowest BCUT2D eigenvalue weighted by Crippen LogP contribution is -2.45. The molecule has 0 unspecified atom stereocenters. The first-order valence-electron chi connectivity index (χ1n) is 8.53. The first-order valence-corrected chi connectivity index (χ1v) is 9.41. The van der Waals surface area contributed by atoms with Gasteiger partial charge in [0.2, 0.25) is 0 Å². The van der Waals surface area contributed by atoms with Gasteiger partial charge >= 0.3 is 11.8 Å². The monoisotopic (exact) mass is 357 g/mol. The van der Waals surface area contributed by atoms with Crippen molar-refractivity contribution >= 4 is 28.8 Å². The van der Waals surface area contributed by atoms with Crippen molar-refractivity contribution in [3.8, 4) is 0 Å². The Labute approximate surface area is 152 Å². The highest BCUT2D eigenvalue weighted by Crippen LogP contribution is 2.36. The molecule has 1 aliphatic rings. The van der Waals surface area contributed by atoms with Gasteiger partial charge in [-0.15, -0.1) is 11.3 Å². The molecule has 0 bridgehead atoms. The summed E-state index contributed by atoms with van der Waals surface area (Å²) in [6, 6.07) is 12.4. The molecule has 2 amide bonds. The van der Waals surface area contributed by atoms with Crippen LogP contribution < -0.4 is 15.5 Å². The van der Waals surface area contributed by atoms with Gasteiger partial charge in [0.1, 0.15) is 0 Å². The van der Waals surface area contributed by atoms with Crippen molar-refractivity contribution in [2.24, 2.45) is 0 Å². The maximum atomic E-state index is 12.1. The van der Waals surface area contributed by atoms with E-state index in [4.69, 9.17) is 0 Å². The lowest BCUT2D eigenvalue weighted by Gasteiger charge is -2.30. The molecule has 1 atom stereocenters. The van der Waals surface area contributed by atoms with Gasteiger partial charge in [-0.2, -0.15) is 0 Å². The molecule has 0 saturated heterocycles. The number of thiophene rings is 1. The number of fused-ring (bicyclic) bond motifs is 1. The van der Waals surface area contributed by atoms with Crippen LogP contribution in [0.25, 0.3) is 0 Å². The highest BCUT2D eigenvalue weighted by Gasteiger charge is 2.28. The Morgan fingerprint density at radius 3 is 2.68 bits per heavy atom. The molecule has 2 heterocycles. The van der Waals surface area contributed by atoms with Gasteiger partial charge in [-0.05, 0) is 43.3 Å². The quantitative estimate of drug-likeness (QED) is 0.808. The highest BCUT2D eigenvalue weighted by molar-refractivity contribution is 7.10. The van der Waals surface area contributed by atoms with Crippen LogP contribution in [0.5, 0.6) is 0 Å². The van der Waals surface area contributed by atoms with E-state index in [1.54, 1.807) is 11.3 Å². The Morgan fingerprint density at radius 2 is 1.96 bits per heavy atom. The number of nitrogens with zero attached hydrogens (tertiary/aromatic N) is 1. The summed E-state index contributed by atoms with van der Waals surface area (Å²) >= 11 is 1.67. The van der Waals surface area contributed by atoms with Gasteiger partial charge < -0.3 is 15.5 Å². The van der Waals surface area contributed by atoms with Gasteiger partial charge in [-0.3, -0.25) is 9.59 Å². The largest absolute Gasteiger partial charge is 0.361 e. The Balaban J connectivity index is 1.74. The number of benzene rings is 1. The number of carbonyl (C=O) groups is 2. The molecule has 0 fully saturated rings. The van der Waals surface area contributed by atoms with Gasteiger partial charge in [0, 0.05) is 29.7 Å². The van der Waals surface area contributed by atoms with Crippen molar-refractivity contribution in [2.75, 3.05) is 18.0 Å². The number of anilines is 1. The standard InChI is InChI=1S/C19H23N3O2S/c1-13(2)21-19(24)18(23)20-12-16(17-8-5-11-25-17)22-10-9-14-6-3-4-7-15(14)22/h3-8,11,13,16H,9-10,12H2,1-2H3,(H,20,23)(H,21,24)/t16-/m1/s1.